The standard InChI is InChI=1S/C18H14INO3/c1-2-23-16-10-12(9-15(19)18(16)22)8-14(11-20)17(21)13-6-4-3-5-7-13/h3-10,22H,2H2,1H3/b14-8+. The molecule has 0 spiro atoms. The Kier molecular flexibility index (Phi) is 5.77. The Balaban J connectivity index is 2.43. The van der Waals surface area contributed by atoms with E-state index in [1.165, 1.54) is 6.08 Å². The van der Waals surface area contributed by atoms with Crippen molar-refractivity contribution >= 4 is 34.5 Å². The van der Waals surface area contributed by atoms with Crippen LogP contribution in [0.1, 0.15) is 22.8 Å². The maximum Gasteiger partial charge on any atom is 0.203 e. The first kappa shape index (κ1) is 17.0. The minimum atomic E-state index is -0.339. The molecule has 0 radical (unpaired) electrons. The normalized spacial score (nSPS) is 10.9. The molecule has 0 aliphatic heterocycles. The van der Waals surface area contributed by atoms with E-state index < -0.39 is 0 Å². The summed E-state index contributed by atoms with van der Waals surface area (Å²) in [6.45, 7) is 2.22. The van der Waals surface area contributed by atoms with Gasteiger partial charge in [0.05, 0.1) is 10.2 Å². The highest BCUT2D eigenvalue weighted by atomic mass is 127. The fraction of sp³-hybridized carbons (Fsp3) is 0.111. The third-order valence-electron chi connectivity index (χ3n) is 3.06. The number of nitrogens with zero attached hydrogens (tertiary/aromatic N) is 1. The van der Waals surface area contributed by atoms with Crippen molar-refractivity contribution in [2.75, 3.05) is 6.61 Å². The van der Waals surface area contributed by atoms with Gasteiger partial charge in [0.25, 0.3) is 0 Å². The molecule has 0 fully saturated rings. The number of hydrogen-bond acceptors (Lipinski definition) is 4. The van der Waals surface area contributed by atoms with Gasteiger partial charge in [-0.05, 0) is 53.3 Å². The van der Waals surface area contributed by atoms with E-state index in [1.54, 1.807) is 36.4 Å². The number of Topliss-reactive ketones (excluding diaryl/α,β-unsaturated/α-hetero) is 1. The summed E-state index contributed by atoms with van der Waals surface area (Å²) in [5.41, 5.74) is 1.11. The Morgan fingerprint density at radius 2 is 2.04 bits per heavy atom. The van der Waals surface area contributed by atoms with Crippen molar-refractivity contribution in [1.29, 1.82) is 5.26 Å². The quantitative estimate of drug-likeness (QED) is 0.342. The van der Waals surface area contributed by atoms with E-state index in [0.717, 1.165) is 0 Å². The zero-order valence-corrected chi connectivity index (χ0v) is 14.6. The predicted octanol–water partition coefficient (Wildman–Crippen LogP) is 4.19. The number of phenolic OH excluding ortho intramolecular Hbond substituents is 1. The zero-order chi connectivity index (χ0) is 16.8. The van der Waals surface area contributed by atoms with Crippen LogP contribution in [0.15, 0.2) is 48.0 Å². The third-order valence-corrected chi connectivity index (χ3v) is 3.88. The van der Waals surface area contributed by atoms with Gasteiger partial charge in [-0.15, -0.1) is 0 Å². The van der Waals surface area contributed by atoms with Gasteiger partial charge >= 0.3 is 0 Å². The van der Waals surface area contributed by atoms with Crippen LogP contribution in [0.5, 0.6) is 11.5 Å². The molecule has 0 saturated heterocycles. The highest BCUT2D eigenvalue weighted by molar-refractivity contribution is 14.1. The molecule has 0 aliphatic rings. The number of allylic oxidation sites excluding steroid dienone is 1. The Bertz CT molecular complexity index is 792. The highest BCUT2D eigenvalue weighted by Crippen LogP contribution is 2.33. The summed E-state index contributed by atoms with van der Waals surface area (Å²) in [5, 5.41) is 19.2. The van der Waals surface area contributed by atoms with Crippen molar-refractivity contribution in [3.8, 4) is 17.6 Å². The fourth-order valence-electron chi connectivity index (χ4n) is 2.00. The Morgan fingerprint density at radius 3 is 2.65 bits per heavy atom. The van der Waals surface area contributed by atoms with Gasteiger partial charge in [-0.1, -0.05) is 30.3 Å². The van der Waals surface area contributed by atoms with Gasteiger partial charge in [0.15, 0.2) is 11.5 Å². The van der Waals surface area contributed by atoms with E-state index in [0.29, 0.717) is 27.1 Å². The number of nitriles is 1. The number of carbonyl (C=O) groups is 1. The lowest BCUT2D eigenvalue weighted by atomic mass is 10.0. The molecule has 4 nitrogen and oxygen atoms in total. The number of halogens is 1. The van der Waals surface area contributed by atoms with Crippen LogP contribution >= 0.6 is 22.6 Å². The van der Waals surface area contributed by atoms with E-state index in [2.05, 4.69) is 0 Å². The lowest BCUT2D eigenvalue weighted by Crippen LogP contribution is -2.01. The van der Waals surface area contributed by atoms with Crippen molar-refractivity contribution < 1.29 is 14.6 Å². The fourth-order valence-corrected chi connectivity index (χ4v) is 2.63. The first-order valence-corrected chi connectivity index (χ1v) is 8.01. The molecule has 23 heavy (non-hydrogen) atoms. The van der Waals surface area contributed by atoms with Crippen molar-refractivity contribution in [3.05, 3.63) is 62.7 Å². The molecule has 0 aliphatic carbocycles. The van der Waals surface area contributed by atoms with Gasteiger partial charge in [0, 0.05) is 5.56 Å². The second-order valence-corrected chi connectivity index (χ2v) is 5.81. The second kappa shape index (κ2) is 7.79. The lowest BCUT2D eigenvalue weighted by molar-refractivity contribution is 0.104. The lowest BCUT2D eigenvalue weighted by Gasteiger charge is -2.09. The number of hydrogen-bond donors (Lipinski definition) is 1. The molecular weight excluding hydrogens is 405 g/mol. The first-order valence-electron chi connectivity index (χ1n) is 6.93. The van der Waals surface area contributed by atoms with E-state index in [-0.39, 0.29) is 17.1 Å². The maximum absolute atomic E-state index is 12.4. The van der Waals surface area contributed by atoms with Gasteiger partial charge in [-0.2, -0.15) is 5.26 Å². The van der Waals surface area contributed by atoms with Crippen molar-refractivity contribution in [3.63, 3.8) is 0 Å². The molecule has 0 unspecified atom stereocenters. The molecule has 2 aromatic carbocycles. The van der Waals surface area contributed by atoms with Gasteiger partial charge in [0.1, 0.15) is 11.6 Å². The van der Waals surface area contributed by atoms with Crippen LogP contribution in [0.25, 0.3) is 6.08 Å². The van der Waals surface area contributed by atoms with Crippen LogP contribution in [0.4, 0.5) is 0 Å². The van der Waals surface area contributed by atoms with E-state index >= 15 is 0 Å². The summed E-state index contributed by atoms with van der Waals surface area (Å²) in [6, 6.07) is 13.9. The molecule has 0 bridgehead atoms. The molecule has 0 saturated carbocycles. The summed E-state index contributed by atoms with van der Waals surface area (Å²) >= 11 is 1.98. The number of rotatable bonds is 5. The Hall–Kier alpha value is -2.33. The second-order valence-electron chi connectivity index (χ2n) is 4.65. The van der Waals surface area contributed by atoms with E-state index in [9.17, 15) is 15.2 Å². The summed E-state index contributed by atoms with van der Waals surface area (Å²) in [4.78, 5) is 12.4. The average molecular weight is 419 g/mol. The number of benzene rings is 2. The smallest absolute Gasteiger partial charge is 0.203 e. The number of ketones is 1. The third kappa shape index (κ3) is 4.11. The Labute approximate surface area is 148 Å². The zero-order valence-electron chi connectivity index (χ0n) is 12.4. The van der Waals surface area contributed by atoms with Gasteiger partial charge in [0.2, 0.25) is 5.78 Å². The molecule has 0 amide bonds. The van der Waals surface area contributed by atoms with Crippen molar-refractivity contribution in [2.45, 2.75) is 6.92 Å². The van der Waals surface area contributed by atoms with Gasteiger partial charge < -0.3 is 9.84 Å². The number of carbonyl (C=O) groups excluding carboxylic acids is 1. The van der Waals surface area contributed by atoms with E-state index in [1.807, 2.05) is 41.7 Å². The van der Waals surface area contributed by atoms with Crippen LogP contribution in [0, 0.1) is 14.9 Å². The molecule has 1 N–H and O–H groups in total. The summed E-state index contributed by atoms with van der Waals surface area (Å²) in [6.07, 6.45) is 1.50. The number of phenols is 1. The van der Waals surface area contributed by atoms with Crippen LogP contribution < -0.4 is 4.74 Å². The van der Waals surface area contributed by atoms with Crippen LogP contribution in [0.2, 0.25) is 0 Å². The summed E-state index contributed by atoms with van der Waals surface area (Å²) in [5.74, 6) is 0.0433. The molecule has 0 aromatic heterocycles. The predicted molar refractivity (Wildman–Crippen MR) is 96.4 cm³/mol. The topological polar surface area (TPSA) is 70.3 Å². The summed E-state index contributed by atoms with van der Waals surface area (Å²) in [7, 11) is 0. The molecule has 116 valence electrons. The van der Waals surface area contributed by atoms with Gasteiger partial charge in [-0.3, -0.25) is 4.79 Å². The number of ether oxygens (including phenoxy) is 1. The minimum absolute atomic E-state index is 0.0279. The minimum Gasteiger partial charge on any atom is -0.504 e. The van der Waals surface area contributed by atoms with Crippen LogP contribution in [0.3, 0.4) is 0 Å². The largest absolute Gasteiger partial charge is 0.504 e. The van der Waals surface area contributed by atoms with E-state index in [4.69, 9.17) is 4.74 Å². The first-order chi connectivity index (χ1) is 11.1. The molecule has 2 aromatic rings. The number of aromatic hydroxyl groups is 1. The monoisotopic (exact) mass is 419 g/mol. The molecule has 0 heterocycles. The van der Waals surface area contributed by atoms with Crippen molar-refractivity contribution in [2.24, 2.45) is 0 Å². The summed E-state index contributed by atoms with van der Waals surface area (Å²) < 4.78 is 5.95. The molecule has 5 heteroatoms. The molecular formula is C18H14INO3. The Morgan fingerprint density at radius 1 is 1.35 bits per heavy atom. The SMILES string of the molecule is CCOc1cc(/C=C(\C#N)C(=O)c2ccccc2)cc(I)c1O. The average Bonchev–Trinajstić information content (AvgIpc) is 2.57. The van der Waals surface area contributed by atoms with Gasteiger partial charge in [-0.25, -0.2) is 0 Å². The van der Waals surface area contributed by atoms with Crippen molar-refractivity contribution in [1.82, 2.24) is 0 Å². The van der Waals surface area contributed by atoms with Crippen LogP contribution in [-0.4, -0.2) is 17.5 Å². The molecule has 0 atom stereocenters. The highest BCUT2D eigenvalue weighted by Gasteiger charge is 2.13. The van der Waals surface area contributed by atoms with Crippen LogP contribution in [-0.2, 0) is 0 Å². The maximum atomic E-state index is 12.4. The molecule has 2 rings (SSSR count).